The molecule has 2 unspecified atom stereocenters. The van der Waals surface area contributed by atoms with Crippen molar-refractivity contribution in [2.24, 2.45) is 11.8 Å². The molecule has 3 nitrogen and oxygen atoms in total. The zero-order valence-electron chi connectivity index (χ0n) is 10.6. The second kappa shape index (κ2) is 4.97. The van der Waals surface area contributed by atoms with E-state index < -0.39 is 0 Å². The first-order chi connectivity index (χ1) is 8.34. The van der Waals surface area contributed by atoms with E-state index in [1.807, 2.05) is 0 Å². The Morgan fingerprint density at radius 2 is 1.88 bits per heavy atom. The first-order valence-corrected chi connectivity index (χ1v) is 7.25. The lowest BCUT2D eigenvalue weighted by molar-refractivity contribution is -0.148. The highest BCUT2D eigenvalue weighted by Crippen LogP contribution is 2.33. The predicted molar refractivity (Wildman–Crippen MR) is 65.6 cm³/mol. The Kier molecular flexibility index (Phi) is 3.37. The fourth-order valence-corrected chi connectivity index (χ4v) is 3.40. The highest BCUT2D eigenvalue weighted by molar-refractivity contribution is 5.74. The maximum atomic E-state index is 11.6. The molecule has 0 aromatic rings. The molecule has 0 aromatic heterocycles. The van der Waals surface area contributed by atoms with E-state index in [4.69, 9.17) is 4.74 Å². The van der Waals surface area contributed by atoms with Crippen molar-refractivity contribution in [1.82, 2.24) is 4.90 Å². The van der Waals surface area contributed by atoms with Crippen LogP contribution in [0.15, 0.2) is 0 Å². The number of hydrogen-bond acceptors (Lipinski definition) is 3. The number of nitrogens with zero attached hydrogens (tertiary/aromatic N) is 1. The molecule has 0 N–H and O–H groups in total. The van der Waals surface area contributed by atoms with E-state index in [9.17, 15) is 4.79 Å². The largest absolute Gasteiger partial charge is 0.465 e. The number of hydrogen-bond donors (Lipinski definition) is 0. The van der Waals surface area contributed by atoms with Gasteiger partial charge in [-0.15, -0.1) is 0 Å². The highest BCUT2D eigenvalue weighted by Gasteiger charge is 2.35. The summed E-state index contributed by atoms with van der Waals surface area (Å²) >= 11 is 0. The van der Waals surface area contributed by atoms with Crippen LogP contribution in [0.25, 0.3) is 0 Å². The molecule has 0 amide bonds. The molecule has 3 aliphatic rings. The molecule has 2 atom stereocenters. The molecular weight excluding hydrogens is 214 g/mol. The van der Waals surface area contributed by atoms with Crippen molar-refractivity contribution >= 4 is 5.97 Å². The summed E-state index contributed by atoms with van der Waals surface area (Å²) in [5.41, 5.74) is 0. The van der Waals surface area contributed by atoms with E-state index in [0.29, 0.717) is 18.6 Å². The molecule has 1 aliphatic carbocycles. The molecule has 96 valence electrons. The minimum absolute atomic E-state index is 0.0675. The van der Waals surface area contributed by atoms with Crippen molar-refractivity contribution < 1.29 is 9.53 Å². The molecule has 0 bridgehead atoms. The van der Waals surface area contributed by atoms with Crippen LogP contribution < -0.4 is 0 Å². The van der Waals surface area contributed by atoms with Crippen molar-refractivity contribution in [3.05, 3.63) is 0 Å². The molecule has 2 aliphatic heterocycles. The normalized spacial score (nSPS) is 34.1. The van der Waals surface area contributed by atoms with Gasteiger partial charge in [0.2, 0.25) is 0 Å². The van der Waals surface area contributed by atoms with E-state index >= 15 is 0 Å². The van der Waals surface area contributed by atoms with Gasteiger partial charge in [0.15, 0.2) is 0 Å². The van der Waals surface area contributed by atoms with Gasteiger partial charge >= 0.3 is 5.97 Å². The van der Waals surface area contributed by atoms with Gasteiger partial charge in [-0.1, -0.05) is 6.42 Å². The topological polar surface area (TPSA) is 29.5 Å². The molecule has 0 spiro atoms. The summed E-state index contributed by atoms with van der Waals surface area (Å²) < 4.78 is 5.49. The van der Waals surface area contributed by atoms with Crippen LogP contribution in [0.4, 0.5) is 0 Å². The van der Waals surface area contributed by atoms with Crippen molar-refractivity contribution in [2.75, 3.05) is 19.7 Å². The zero-order valence-corrected chi connectivity index (χ0v) is 10.6. The van der Waals surface area contributed by atoms with Crippen LogP contribution in [0.1, 0.15) is 44.9 Å². The van der Waals surface area contributed by atoms with Gasteiger partial charge in [-0.2, -0.15) is 0 Å². The van der Waals surface area contributed by atoms with Crippen LogP contribution in [-0.2, 0) is 9.53 Å². The van der Waals surface area contributed by atoms with E-state index in [2.05, 4.69) is 4.90 Å². The van der Waals surface area contributed by atoms with E-state index in [0.717, 1.165) is 12.8 Å². The average molecular weight is 237 g/mol. The van der Waals surface area contributed by atoms with Gasteiger partial charge in [-0.05, 0) is 51.6 Å². The van der Waals surface area contributed by atoms with Crippen LogP contribution >= 0.6 is 0 Å². The predicted octanol–water partition coefficient (Wildman–Crippen LogP) is 2.20. The molecule has 3 rings (SSSR count). The number of carbonyl (C=O) groups is 1. The van der Waals surface area contributed by atoms with Crippen molar-refractivity contribution in [3.8, 4) is 0 Å². The fourth-order valence-electron chi connectivity index (χ4n) is 3.40. The van der Waals surface area contributed by atoms with Gasteiger partial charge in [-0.25, -0.2) is 0 Å². The van der Waals surface area contributed by atoms with Gasteiger partial charge in [0.25, 0.3) is 0 Å². The Morgan fingerprint density at radius 3 is 2.71 bits per heavy atom. The monoisotopic (exact) mass is 237 g/mol. The van der Waals surface area contributed by atoms with Crippen molar-refractivity contribution in [1.29, 1.82) is 0 Å². The fraction of sp³-hybridized carbons (Fsp3) is 0.929. The smallest absolute Gasteiger partial charge is 0.308 e. The third-order valence-electron chi connectivity index (χ3n) is 4.58. The maximum Gasteiger partial charge on any atom is 0.308 e. The van der Waals surface area contributed by atoms with Crippen LogP contribution in [0.3, 0.4) is 0 Å². The quantitative estimate of drug-likeness (QED) is 0.705. The number of carbonyl (C=O) groups excluding carboxylic acids is 1. The van der Waals surface area contributed by atoms with E-state index in [-0.39, 0.29) is 11.9 Å². The summed E-state index contributed by atoms with van der Waals surface area (Å²) in [6, 6.07) is 0.699. The second-order valence-corrected chi connectivity index (χ2v) is 5.91. The summed E-state index contributed by atoms with van der Waals surface area (Å²) in [7, 11) is 0. The molecule has 2 heterocycles. The van der Waals surface area contributed by atoms with Gasteiger partial charge in [0.1, 0.15) is 0 Å². The Hall–Kier alpha value is -0.570. The molecule has 0 radical (unpaired) electrons. The number of piperidine rings is 2. The minimum atomic E-state index is 0.0675. The van der Waals surface area contributed by atoms with E-state index in [1.54, 1.807) is 0 Å². The molecule has 2 saturated heterocycles. The first kappa shape index (κ1) is 11.5. The lowest BCUT2D eigenvalue weighted by Crippen LogP contribution is -2.49. The first-order valence-electron chi connectivity index (χ1n) is 7.25. The van der Waals surface area contributed by atoms with Crippen molar-refractivity contribution in [3.63, 3.8) is 0 Å². The molecule has 1 saturated carbocycles. The SMILES string of the molecule is O=C(OCC1CCCN2CCCCC12)C1CC1. The zero-order chi connectivity index (χ0) is 11.7. The van der Waals surface area contributed by atoms with Gasteiger partial charge < -0.3 is 4.74 Å². The molecular formula is C14H23NO2. The lowest BCUT2D eigenvalue weighted by atomic mass is 9.84. The molecule has 0 aromatic carbocycles. The summed E-state index contributed by atoms with van der Waals surface area (Å²) in [5.74, 6) is 0.922. The molecule has 17 heavy (non-hydrogen) atoms. The Bertz CT molecular complexity index is 286. The summed E-state index contributed by atoms with van der Waals surface area (Å²) in [4.78, 5) is 14.2. The van der Waals surface area contributed by atoms with Crippen molar-refractivity contribution in [2.45, 2.75) is 51.0 Å². The summed E-state index contributed by atoms with van der Waals surface area (Å²) in [6.45, 7) is 3.20. The van der Waals surface area contributed by atoms with Crippen LogP contribution in [0, 0.1) is 11.8 Å². The Balaban J connectivity index is 1.51. The second-order valence-electron chi connectivity index (χ2n) is 5.91. The minimum Gasteiger partial charge on any atom is -0.465 e. The standard InChI is InChI=1S/C14H23NO2/c16-14(11-6-7-11)17-10-12-4-3-9-15-8-2-1-5-13(12)15/h11-13H,1-10H2. The van der Waals surface area contributed by atoms with Crippen LogP contribution in [0.2, 0.25) is 0 Å². The Morgan fingerprint density at radius 1 is 1.06 bits per heavy atom. The van der Waals surface area contributed by atoms with Gasteiger partial charge in [0, 0.05) is 12.0 Å². The highest BCUT2D eigenvalue weighted by atomic mass is 16.5. The Labute approximate surface area is 104 Å². The van der Waals surface area contributed by atoms with Crippen LogP contribution in [-0.4, -0.2) is 36.6 Å². The molecule has 3 fully saturated rings. The average Bonchev–Trinajstić information content (AvgIpc) is 3.20. The number of esters is 1. The molecule has 3 heteroatoms. The maximum absolute atomic E-state index is 11.6. The third-order valence-corrected chi connectivity index (χ3v) is 4.58. The van der Waals surface area contributed by atoms with Gasteiger partial charge in [0.05, 0.1) is 12.5 Å². The number of ether oxygens (including phenoxy) is 1. The van der Waals surface area contributed by atoms with Crippen LogP contribution in [0.5, 0.6) is 0 Å². The lowest BCUT2D eigenvalue weighted by Gasteiger charge is -2.44. The number of fused-ring (bicyclic) bond motifs is 1. The summed E-state index contributed by atoms with van der Waals surface area (Å²) in [5, 5.41) is 0. The van der Waals surface area contributed by atoms with E-state index in [1.165, 1.54) is 45.2 Å². The van der Waals surface area contributed by atoms with Gasteiger partial charge in [-0.3, -0.25) is 9.69 Å². The summed E-state index contributed by atoms with van der Waals surface area (Å²) in [6.07, 6.45) is 8.66. The number of rotatable bonds is 3. The third kappa shape index (κ3) is 2.65.